The maximum Gasteiger partial charge on any atom is 0.0460 e. The summed E-state index contributed by atoms with van der Waals surface area (Å²) in [5.41, 5.74) is 10.1. The minimum absolute atomic E-state index is 0.111. The number of hydrazine groups is 1. The summed E-state index contributed by atoms with van der Waals surface area (Å²) in [5, 5.41) is 2.40. The molecule has 118 valence electrons. The van der Waals surface area contributed by atoms with Crippen LogP contribution in [0.4, 0.5) is 0 Å². The van der Waals surface area contributed by atoms with E-state index in [0.29, 0.717) is 6.04 Å². The molecule has 0 amide bonds. The highest BCUT2D eigenvalue weighted by Gasteiger charge is 2.33. The van der Waals surface area contributed by atoms with Gasteiger partial charge in [-0.15, -0.1) is 0 Å². The number of nitrogens with one attached hydrogen (secondary N) is 1. The van der Waals surface area contributed by atoms with E-state index in [2.05, 4.69) is 41.1 Å². The molecule has 5 heteroatoms. The largest absolute Gasteiger partial charge is 0.329 e. The second-order valence-electron chi connectivity index (χ2n) is 6.87. The number of hydrogen-bond acceptors (Lipinski definition) is 5. The molecule has 0 spiro atoms. The molecule has 2 rings (SSSR count). The third kappa shape index (κ3) is 4.15. The maximum atomic E-state index is 6.16. The van der Waals surface area contributed by atoms with E-state index in [1.54, 1.807) is 0 Å². The Morgan fingerprint density at radius 1 is 1.05 bits per heavy atom. The first-order valence-corrected chi connectivity index (χ1v) is 8.20. The standard InChI is InChI=1S/C15H33N5/c1-14(2)19-7-4-5-15(13-16,6-8-19)17-20-11-9-18(3)10-12-20/h14,17H,4-13,16H2,1-3H3. The predicted molar refractivity (Wildman–Crippen MR) is 84.6 cm³/mol. The summed E-state index contributed by atoms with van der Waals surface area (Å²) in [6, 6.07) is 0.646. The molecular weight excluding hydrogens is 250 g/mol. The molecule has 0 aromatic rings. The lowest BCUT2D eigenvalue weighted by atomic mass is 9.91. The molecular formula is C15H33N5. The molecule has 2 saturated heterocycles. The van der Waals surface area contributed by atoms with Gasteiger partial charge in [-0.25, -0.2) is 10.4 Å². The SMILES string of the molecule is CC(C)N1CCCC(CN)(NN2CCN(C)CC2)CC1. The van der Waals surface area contributed by atoms with Crippen molar-refractivity contribution in [3.05, 3.63) is 0 Å². The van der Waals surface area contributed by atoms with Gasteiger partial charge < -0.3 is 15.5 Å². The van der Waals surface area contributed by atoms with Crippen molar-refractivity contribution in [2.45, 2.75) is 44.7 Å². The van der Waals surface area contributed by atoms with E-state index >= 15 is 0 Å². The zero-order valence-electron chi connectivity index (χ0n) is 13.6. The fraction of sp³-hybridized carbons (Fsp3) is 1.00. The van der Waals surface area contributed by atoms with Crippen LogP contribution in [0, 0.1) is 0 Å². The number of rotatable bonds is 4. The van der Waals surface area contributed by atoms with Crippen LogP contribution in [0.5, 0.6) is 0 Å². The van der Waals surface area contributed by atoms with Crippen molar-refractivity contribution in [3.63, 3.8) is 0 Å². The molecule has 0 radical (unpaired) electrons. The third-order valence-corrected chi connectivity index (χ3v) is 5.00. The third-order valence-electron chi connectivity index (χ3n) is 5.00. The van der Waals surface area contributed by atoms with Gasteiger partial charge in [-0.3, -0.25) is 0 Å². The minimum atomic E-state index is 0.111. The van der Waals surface area contributed by atoms with E-state index in [1.165, 1.54) is 19.4 Å². The zero-order chi connectivity index (χ0) is 14.6. The number of hydrogen-bond donors (Lipinski definition) is 2. The zero-order valence-corrected chi connectivity index (χ0v) is 13.6. The topological polar surface area (TPSA) is 47.8 Å². The van der Waals surface area contributed by atoms with E-state index in [9.17, 15) is 0 Å². The summed E-state index contributed by atoms with van der Waals surface area (Å²) in [5.74, 6) is 0. The molecule has 5 nitrogen and oxygen atoms in total. The fourth-order valence-electron chi connectivity index (χ4n) is 3.35. The fourth-order valence-corrected chi connectivity index (χ4v) is 3.35. The van der Waals surface area contributed by atoms with Gasteiger partial charge in [-0.05, 0) is 46.7 Å². The van der Waals surface area contributed by atoms with Gasteiger partial charge in [-0.1, -0.05) is 0 Å². The molecule has 2 aliphatic rings. The molecule has 3 N–H and O–H groups in total. The smallest absolute Gasteiger partial charge is 0.0460 e. The second kappa shape index (κ2) is 7.18. The summed E-state index contributed by atoms with van der Waals surface area (Å²) in [6.45, 7) is 12.2. The van der Waals surface area contributed by atoms with Gasteiger partial charge in [0, 0.05) is 50.8 Å². The molecule has 0 bridgehead atoms. The Labute approximate surface area is 124 Å². The number of nitrogens with two attached hydrogens (primary N) is 1. The molecule has 0 aromatic carbocycles. The van der Waals surface area contributed by atoms with Crippen LogP contribution in [0.15, 0.2) is 0 Å². The average Bonchev–Trinajstić information content (AvgIpc) is 2.65. The Hall–Kier alpha value is -0.200. The molecule has 0 saturated carbocycles. The molecule has 2 aliphatic heterocycles. The van der Waals surface area contributed by atoms with Crippen LogP contribution in [0.2, 0.25) is 0 Å². The highest BCUT2D eigenvalue weighted by atomic mass is 15.5. The number of likely N-dealkylation sites (N-methyl/N-ethyl adjacent to an activating group) is 1. The lowest BCUT2D eigenvalue weighted by molar-refractivity contribution is 0.0481. The van der Waals surface area contributed by atoms with Crippen LogP contribution in [-0.4, -0.2) is 79.3 Å². The van der Waals surface area contributed by atoms with E-state index in [1.807, 2.05) is 0 Å². The van der Waals surface area contributed by atoms with Crippen molar-refractivity contribution >= 4 is 0 Å². The first-order valence-electron chi connectivity index (χ1n) is 8.20. The molecule has 2 fully saturated rings. The Morgan fingerprint density at radius 2 is 1.75 bits per heavy atom. The molecule has 2 heterocycles. The Bertz CT molecular complexity index is 288. The molecule has 1 atom stereocenters. The van der Waals surface area contributed by atoms with Gasteiger partial charge >= 0.3 is 0 Å². The predicted octanol–water partition coefficient (Wildman–Crippen LogP) is 0.330. The summed E-state index contributed by atoms with van der Waals surface area (Å²) < 4.78 is 0. The highest BCUT2D eigenvalue weighted by Crippen LogP contribution is 2.23. The maximum absolute atomic E-state index is 6.16. The van der Waals surface area contributed by atoms with Crippen LogP contribution < -0.4 is 11.2 Å². The van der Waals surface area contributed by atoms with E-state index in [-0.39, 0.29) is 5.54 Å². The van der Waals surface area contributed by atoms with Crippen molar-refractivity contribution < 1.29 is 0 Å². The molecule has 1 unspecified atom stereocenters. The first kappa shape index (κ1) is 16.2. The van der Waals surface area contributed by atoms with E-state index < -0.39 is 0 Å². The Balaban J connectivity index is 1.91. The van der Waals surface area contributed by atoms with Gasteiger partial charge in [0.25, 0.3) is 0 Å². The van der Waals surface area contributed by atoms with Gasteiger partial charge in [0.05, 0.1) is 0 Å². The highest BCUT2D eigenvalue weighted by molar-refractivity contribution is 4.92. The van der Waals surface area contributed by atoms with Gasteiger partial charge in [-0.2, -0.15) is 0 Å². The number of piperazine rings is 1. The summed E-state index contributed by atoms with van der Waals surface area (Å²) in [6.07, 6.45) is 3.60. The second-order valence-corrected chi connectivity index (χ2v) is 6.87. The van der Waals surface area contributed by atoms with Crippen molar-refractivity contribution in [1.29, 1.82) is 0 Å². The van der Waals surface area contributed by atoms with Crippen molar-refractivity contribution in [3.8, 4) is 0 Å². The lowest BCUT2D eigenvalue weighted by Gasteiger charge is -2.41. The van der Waals surface area contributed by atoms with Crippen molar-refractivity contribution in [2.75, 3.05) is 52.9 Å². The normalized spacial score (nSPS) is 31.6. The summed E-state index contributed by atoms with van der Waals surface area (Å²) in [7, 11) is 2.20. The number of likely N-dealkylation sites (tertiary alicyclic amines) is 1. The molecule has 0 aromatic heterocycles. The van der Waals surface area contributed by atoms with Crippen LogP contribution in [-0.2, 0) is 0 Å². The quantitative estimate of drug-likeness (QED) is 0.779. The van der Waals surface area contributed by atoms with E-state index in [4.69, 9.17) is 5.73 Å². The average molecular weight is 283 g/mol. The number of nitrogens with zero attached hydrogens (tertiary/aromatic N) is 3. The van der Waals surface area contributed by atoms with Gasteiger partial charge in [0.15, 0.2) is 0 Å². The van der Waals surface area contributed by atoms with Crippen LogP contribution >= 0.6 is 0 Å². The lowest BCUT2D eigenvalue weighted by Crippen LogP contribution is -2.62. The first-order chi connectivity index (χ1) is 9.54. The summed E-state index contributed by atoms with van der Waals surface area (Å²) in [4.78, 5) is 4.98. The van der Waals surface area contributed by atoms with Crippen LogP contribution in [0.25, 0.3) is 0 Å². The van der Waals surface area contributed by atoms with E-state index in [0.717, 1.165) is 45.7 Å². The van der Waals surface area contributed by atoms with Crippen molar-refractivity contribution in [2.24, 2.45) is 5.73 Å². The van der Waals surface area contributed by atoms with Crippen LogP contribution in [0.1, 0.15) is 33.1 Å². The molecule has 20 heavy (non-hydrogen) atoms. The van der Waals surface area contributed by atoms with Crippen molar-refractivity contribution in [1.82, 2.24) is 20.2 Å². The van der Waals surface area contributed by atoms with Gasteiger partial charge in [0.1, 0.15) is 0 Å². The Kier molecular flexibility index (Phi) is 5.81. The van der Waals surface area contributed by atoms with Crippen LogP contribution in [0.3, 0.4) is 0 Å². The minimum Gasteiger partial charge on any atom is -0.329 e. The summed E-state index contributed by atoms with van der Waals surface area (Å²) >= 11 is 0. The Morgan fingerprint density at radius 3 is 2.35 bits per heavy atom. The molecule has 0 aliphatic carbocycles. The monoisotopic (exact) mass is 283 g/mol. The van der Waals surface area contributed by atoms with Gasteiger partial charge in [0.2, 0.25) is 0 Å².